The summed E-state index contributed by atoms with van der Waals surface area (Å²) in [7, 11) is 0. The van der Waals surface area contributed by atoms with Crippen molar-refractivity contribution in [3.8, 4) is 0 Å². The predicted molar refractivity (Wildman–Crippen MR) is 80.9 cm³/mol. The first-order chi connectivity index (χ1) is 8.74. The lowest BCUT2D eigenvalue weighted by molar-refractivity contribution is 0.243. The summed E-state index contributed by atoms with van der Waals surface area (Å²) in [6, 6.07) is 6.92. The SMILES string of the molecule is CCCC(C)(CNC(C)(C)C)Cc1ccc(F)cc1. The van der Waals surface area contributed by atoms with E-state index in [1.165, 1.54) is 18.4 Å². The van der Waals surface area contributed by atoms with Gasteiger partial charge in [0.25, 0.3) is 0 Å². The fourth-order valence-electron chi connectivity index (χ4n) is 2.42. The molecule has 0 aliphatic carbocycles. The maximum absolute atomic E-state index is 13.0. The van der Waals surface area contributed by atoms with Crippen molar-refractivity contribution in [2.75, 3.05) is 6.54 Å². The monoisotopic (exact) mass is 265 g/mol. The van der Waals surface area contributed by atoms with Crippen molar-refractivity contribution < 1.29 is 4.39 Å². The molecule has 0 aliphatic rings. The zero-order valence-corrected chi connectivity index (χ0v) is 13.0. The van der Waals surface area contributed by atoms with Gasteiger partial charge in [-0.25, -0.2) is 4.39 Å². The zero-order chi connectivity index (χ0) is 14.5. The lowest BCUT2D eigenvalue weighted by atomic mass is 9.79. The second-order valence-corrected chi connectivity index (χ2v) is 6.97. The van der Waals surface area contributed by atoms with Gasteiger partial charge in [-0.3, -0.25) is 0 Å². The van der Waals surface area contributed by atoms with Gasteiger partial charge in [0.15, 0.2) is 0 Å². The zero-order valence-electron chi connectivity index (χ0n) is 13.0. The molecule has 1 atom stereocenters. The van der Waals surface area contributed by atoms with Gasteiger partial charge >= 0.3 is 0 Å². The summed E-state index contributed by atoms with van der Waals surface area (Å²) in [6.45, 7) is 12.1. The number of benzene rings is 1. The van der Waals surface area contributed by atoms with Crippen LogP contribution in [-0.2, 0) is 6.42 Å². The second kappa shape index (κ2) is 6.51. The molecule has 2 heteroatoms. The van der Waals surface area contributed by atoms with Crippen molar-refractivity contribution in [3.05, 3.63) is 35.6 Å². The molecule has 0 heterocycles. The van der Waals surface area contributed by atoms with Crippen molar-refractivity contribution in [1.82, 2.24) is 5.32 Å². The molecule has 19 heavy (non-hydrogen) atoms. The molecule has 1 unspecified atom stereocenters. The molecule has 0 aromatic heterocycles. The molecule has 0 fully saturated rings. The third-order valence-electron chi connectivity index (χ3n) is 3.44. The summed E-state index contributed by atoms with van der Waals surface area (Å²) < 4.78 is 13.0. The van der Waals surface area contributed by atoms with E-state index in [0.29, 0.717) is 0 Å². The van der Waals surface area contributed by atoms with E-state index in [2.05, 4.69) is 39.9 Å². The van der Waals surface area contributed by atoms with Crippen molar-refractivity contribution in [3.63, 3.8) is 0 Å². The van der Waals surface area contributed by atoms with Gasteiger partial charge in [0, 0.05) is 12.1 Å². The molecule has 0 aliphatic heterocycles. The molecule has 0 radical (unpaired) electrons. The summed E-state index contributed by atoms with van der Waals surface area (Å²) in [4.78, 5) is 0. The fourth-order valence-corrected chi connectivity index (χ4v) is 2.42. The quantitative estimate of drug-likeness (QED) is 0.795. The molecule has 0 bridgehead atoms. The Morgan fingerprint density at radius 3 is 2.11 bits per heavy atom. The molecular formula is C17H28FN. The first-order valence-corrected chi connectivity index (χ1v) is 7.24. The Kier molecular flexibility index (Phi) is 5.54. The van der Waals surface area contributed by atoms with Crippen LogP contribution < -0.4 is 5.32 Å². The van der Waals surface area contributed by atoms with E-state index in [4.69, 9.17) is 0 Å². The van der Waals surface area contributed by atoms with Gasteiger partial charge < -0.3 is 5.32 Å². The molecule has 108 valence electrons. The molecule has 0 saturated carbocycles. The molecule has 0 amide bonds. The lowest BCUT2D eigenvalue weighted by Crippen LogP contribution is -2.43. The van der Waals surface area contributed by atoms with Gasteiger partial charge in [0.05, 0.1) is 0 Å². The second-order valence-electron chi connectivity index (χ2n) is 6.97. The number of nitrogens with one attached hydrogen (secondary N) is 1. The Labute approximate surface area is 117 Å². The highest BCUT2D eigenvalue weighted by atomic mass is 19.1. The first kappa shape index (κ1) is 16.2. The van der Waals surface area contributed by atoms with Gasteiger partial charge in [-0.15, -0.1) is 0 Å². The highest BCUT2D eigenvalue weighted by Gasteiger charge is 2.25. The normalized spacial score (nSPS) is 15.3. The summed E-state index contributed by atoms with van der Waals surface area (Å²) in [5.74, 6) is -0.159. The first-order valence-electron chi connectivity index (χ1n) is 7.24. The van der Waals surface area contributed by atoms with Crippen LogP contribution in [0.5, 0.6) is 0 Å². The molecule has 1 aromatic carbocycles. The Morgan fingerprint density at radius 1 is 1.05 bits per heavy atom. The molecule has 1 rings (SSSR count). The van der Waals surface area contributed by atoms with Gasteiger partial charge in [0.1, 0.15) is 5.82 Å². The van der Waals surface area contributed by atoms with Crippen LogP contribution in [0.25, 0.3) is 0 Å². The van der Waals surface area contributed by atoms with E-state index >= 15 is 0 Å². The highest BCUT2D eigenvalue weighted by Crippen LogP contribution is 2.28. The van der Waals surface area contributed by atoms with Crippen LogP contribution >= 0.6 is 0 Å². The molecule has 1 aromatic rings. The third kappa shape index (κ3) is 6.20. The Balaban J connectivity index is 2.72. The average molecular weight is 265 g/mol. The van der Waals surface area contributed by atoms with Crippen molar-refractivity contribution in [1.29, 1.82) is 0 Å². The van der Waals surface area contributed by atoms with Crippen LogP contribution in [0, 0.1) is 11.2 Å². The number of hydrogen-bond acceptors (Lipinski definition) is 1. The smallest absolute Gasteiger partial charge is 0.123 e. The van der Waals surface area contributed by atoms with Gasteiger partial charge in [-0.1, -0.05) is 32.4 Å². The predicted octanol–water partition coefficient (Wildman–Crippen LogP) is 4.56. The number of hydrogen-bond donors (Lipinski definition) is 1. The van der Waals surface area contributed by atoms with Gasteiger partial charge in [-0.05, 0) is 56.7 Å². The van der Waals surface area contributed by atoms with E-state index in [1.807, 2.05) is 12.1 Å². The average Bonchev–Trinajstić information content (AvgIpc) is 2.30. The standard InChI is InChI=1S/C17H28FN/c1-6-11-17(5,13-19-16(2,3)4)12-14-7-9-15(18)10-8-14/h7-10,19H,6,11-13H2,1-5H3. The van der Waals surface area contributed by atoms with Crippen molar-refractivity contribution in [2.45, 2.75) is 59.4 Å². The Bertz CT molecular complexity index is 377. The highest BCUT2D eigenvalue weighted by molar-refractivity contribution is 5.17. The number of rotatable bonds is 6. The number of halogens is 1. The van der Waals surface area contributed by atoms with E-state index < -0.39 is 0 Å². The van der Waals surface area contributed by atoms with E-state index in [9.17, 15) is 4.39 Å². The summed E-state index contributed by atoms with van der Waals surface area (Å²) in [5.41, 5.74) is 1.57. The van der Waals surface area contributed by atoms with Gasteiger partial charge in [0.2, 0.25) is 0 Å². The van der Waals surface area contributed by atoms with Crippen LogP contribution in [0.2, 0.25) is 0 Å². The van der Waals surface area contributed by atoms with Crippen molar-refractivity contribution >= 4 is 0 Å². The largest absolute Gasteiger partial charge is 0.312 e. The maximum atomic E-state index is 13.0. The van der Waals surface area contributed by atoms with E-state index in [-0.39, 0.29) is 16.8 Å². The minimum atomic E-state index is -0.159. The van der Waals surface area contributed by atoms with Gasteiger partial charge in [-0.2, -0.15) is 0 Å². The van der Waals surface area contributed by atoms with Crippen LogP contribution in [-0.4, -0.2) is 12.1 Å². The van der Waals surface area contributed by atoms with E-state index in [0.717, 1.165) is 13.0 Å². The fraction of sp³-hybridized carbons (Fsp3) is 0.647. The molecule has 0 saturated heterocycles. The van der Waals surface area contributed by atoms with E-state index in [1.54, 1.807) is 12.1 Å². The van der Waals surface area contributed by atoms with Crippen molar-refractivity contribution in [2.24, 2.45) is 5.41 Å². The minimum absolute atomic E-state index is 0.137. The topological polar surface area (TPSA) is 12.0 Å². The van der Waals surface area contributed by atoms with Crippen LogP contribution in [0.3, 0.4) is 0 Å². The minimum Gasteiger partial charge on any atom is -0.312 e. The van der Waals surface area contributed by atoms with Crippen LogP contribution in [0.1, 0.15) is 53.0 Å². The summed E-state index contributed by atoms with van der Waals surface area (Å²) in [6.07, 6.45) is 3.33. The maximum Gasteiger partial charge on any atom is 0.123 e. The summed E-state index contributed by atoms with van der Waals surface area (Å²) in [5, 5.41) is 3.60. The molecule has 1 N–H and O–H groups in total. The van der Waals surface area contributed by atoms with Crippen LogP contribution in [0.4, 0.5) is 4.39 Å². The molecule has 0 spiro atoms. The van der Waals surface area contributed by atoms with Crippen LogP contribution in [0.15, 0.2) is 24.3 Å². The third-order valence-corrected chi connectivity index (χ3v) is 3.44. The molecule has 1 nitrogen and oxygen atoms in total. The Hall–Kier alpha value is -0.890. The Morgan fingerprint density at radius 2 is 1.63 bits per heavy atom. The summed E-state index contributed by atoms with van der Waals surface area (Å²) >= 11 is 0. The lowest BCUT2D eigenvalue weighted by Gasteiger charge is -2.34. The molecular weight excluding hydrogens is 237 g/mol.